The third-order valence-corrected chi connectivity index (χ3v) is 5.05. The Balaban J connectivity index is 1.65. The van der Waals surface area contributed by atoms with Crippen LogP contribution in [0.3, 0.4) is 0 Å². The van der Waals surface area contributed by atoms with E-state index in [1.165, 1.54) is 6.42 Å². The molecule has 2 fully saturated rings. The van der Waals surface area contributed by atoms with Crippen molar-refractivity contribution in [1.82, 2.24) is 5.32 Å². The van der Waals surface area contributed by atoms with Crippen molar-refractivity contribution in [1.29, 1.82) is 0 Å². The third-order valence-electron chi connectivity index (χ3n) is 4.74. The first-order valence-electron chi connectivity index (χ1n) is 8.11. The van der Waals surface area contributed by atoms with Crippen LogP contribution in [0.25, 0.3) is 0 Å². The number of hydrogen-bond acceptors (Lipinski definition) is 3. The van der Waals surface area contributed by atoms with Gasteiger partial charge < -0.3 is 15.8 Å². The van der Waals surface area contributed by atoms with E-state index in [-0.39, 0.29) is 29.9 Å². The second-order valence-corrected chi connectivity index (χ2v) is 6.74. The summed E-state index contributed by atoms with van der Waals surface area (Å²) >= 11 is 6.22. The van der Waals surface area contributed by atoms with Crippen LogP contribution in [0.2, 0.25) is 5.02 Å². The summed E-state index contributed by atoms with van der Waals surface area (Å²) in [5, 5.41) is 3.24. The molecule has 2 aliphatic carbocycles. The molecule has 5 nitrogen and oxygen atoms in total. The summed E-state index contributed by atoms with van der Waals surface area (Å²) in [4.78, 5) is 23.8. The summed E-state index contributed by atoms with van der Waals surface area (Å²) in [6, 6.07) is 4.90. The molecule has 6 heteroatoms. The van der Waals surface area contributed by atoms with Crippen molar-refractivity contribution in [2.45, 2.75) is 50.7 Å². The lowest BCUT2D eigenvalue weighted by Gasteiger charge is -2.26. The normalized spacial score (nSPS) is 24.0. The van der Waals surface area contributed by atoms with Crippen LogP contribution in [0.5, 0.6) is 5.75 Å². The van der Waals surface area contributed by atoms with Gasteiger partial charge in [0.1, 0.15) is 5.75 Å². The lowest BCUT2D eigenvalue weighted by molar-refractivity contribution is -0.122. The van der Waals surface area contributed by atoms with Gasteiger partial charge in [0.05, 0.1) is 22.6 Å². The summed E-state index contributed by atoms with van der Waals surface area (Å²) in [6.45, 7) is 0. The number of nitrogens with two attached hydrogens (primary N) is 1. The van der Waals surface area contributed by atoms with Crippen LogP contribution < -0.4 is 15.8 Å². The molecule has 2 saturated carbocycles. The molecule has 0 radical (unpaired) electrons. The molecule has 0 bridgehead atoms. The van der Waals surface area contributed by atoms with Crippen LogP contribution in [-0.4, -0.2) is 24.0 Å². The number of carbonyl (C=O) groups is 2. The Labute approximate surface area is 140 Å². The van der Waals surface area contributed by atoms with Gasteiger partial charge in [-0.25, -0.2) is 0 Å². The zero-order chi connectivity index (χ0) is 16.4. The Hall–Kier alpha value is -1.75. The fourth-order valence-electron chi connectivity index (χ4n) is 3.15. The fraction of sp³-hybridized carbons (Fsp3) is 0.529. The zero-order valence-electron chi connectivity index (χ0n) is 12.9. The maximum Gasteiger partial charge on any atom is 0.253 e. The molecule has 124 valence electrons. The number of rotatable bonds is 5. The highest BCUT2D eigenvalue weighted by Gasteiger charge is 2.33. The molecule has 0 spiro atoms. The van der Waals surface area contributed by atoms with E-state index in [1.807, 2.05) is 0 Å². The summed E-state index contributed by atoms with van der Waals surface area (Å²) in [5.41, 5.74) is 5.78. The van der Waals surface area contributed by atoms with Crippen LogP contribution in [0.4, 0.5) is 0 Å². The predicted molar refractivity (Wildman–Crippen MR) is 87.5 cm³/mol. The van der Waals surface area contributed by atoms with Crippen LogP contribution in [0.15, 0.2) is 18.2 Å². The number of nitrogens with one attached hydrogen (secondary N) is 1. The minimum absolute atomic E-state index is 0.207. The Morgan fingerprint density at radius 2 is 1.91 bits per heavy atom. The molecule has 2 atom stereocenters. The van der Waals surface area contributed by atoms with Crippen LogP contribution in [0.1, 0.15) is 48.9 Å². The Morgan fingerprint density at radius 3 is 2.52 bits per heavy atom. The van der Waals surface area contributed by atoms with Crippen LogP contribution >= 0.6 is 11.6 Å². The molecule has 0 aromatic heterocycles. The van der Waals surface area contributed by atoms with E-state index in [0.29, 0.717) is 16.3 Å². The van der Waals surface area contributed by atoms with Gasteiger partial charge in [0, 0.05) is 6.04 Å². The van der Waals surface area contributed by atoms with Crippen LogP contribution in [0, 0.1) is 5.92 Å². The largest absolute Gasteiger partial charge is 0.490 e. The van der Waals surface area contributed by atoms with Gasteiger partial charge in [-0.05, 0) is 50.3 Å². The molecule has 3 N–H and O–H groups in total. The van der Waals surface area contributed by atoms with E-state index < -0.39 is 0 Å². The number of halogens is 1. The molecule has 2 aliphatic rings. The maximum absolute atomic E-state index is 12.4. The minimum Gasteiger partial charge on any atom is -0.490 e. The van der Waals surface area contributed by atoms with Crippen molar-refractivity contribution in [3.05, 3.63) is 28.8 Å². The smallest absolute Gasteiger partial charge is 0.253 e. The lowest BCUT2D eigenvalue weighted by Crippen LogP contribution is -2.42. The highest BCUT2D eigenvalue weighted by atomic mass is 35.5. The summed E-state index contributed by atoms with van der Waals surface area (Å²) in [5.74, 6) is -0.238. The Morgan fingerprint density at radius 1 is 1.17 bits per heavy atom. The van der Waals surface area contributed by atoms with Crippen molar-refractivity contribution >= 4 is 23.4 Å². The van der Waals surface area contributed by atoms with Crippen LogP contribution in [-0.2, 0) is 4.79 Å². The second-order valence-electron chi connectivity index (χ2n) is 6.33. The number of carbonyl (C=O) groups excluding carboxylic acids is 2. The van der Waals surface area contributed by atoms with Gasteiger partial charge in [-0.3, -0.25) is 9.59 Å². The van der Waals surface area contributed by atoms with Crippen molar-refractivity contribution in [2.75, 3.05) is 0 Å². The van der Waals surface area contributed by atoms with Crippen molar-refractivity contribution in [3.8, 4) is 5.75 Å². The molecule has 0 heterocycles. The third kappa shape index (κ3) is 3.61. The van der Waals surface area contributed by atoms with Crippen molar-refractivity contribution in [3.63, 3.8) is 0 Å². The highest BCUT2D eigenvalue weighted by molar-refractivity contribution is 6.34. The second kappa shape index (κ2) is 6.79. The average Bonchev–Trinajstić information content (AvgIpc) is 2.91. The number of hydrogen-bond donors (Lipinski definition) is 2. The molecule has 0 aliphatic heterocycles. The molecule has 3 rings (SSSR count). The quantitative estimate of drug-likeness (QED) is 0.867. The molecular weight excluding hydrogens is 316 g/mol. The summed E-state index contributed by atoms with van der Waals surface area (Å²) < 4.78 is 5.77. The molecule has 2 amide bonds. The molecule has 1 aromatic carbocycles. The standard InChI is InChI=1S/C17H21ClN2O3/c18-14-9-11(23-10-3-1-4-10)7-8-12(14)17(22)20-15-6-2-5-13(15)16(19)21/h7-10,13,15H,1-6H2,(H2,19,21)(H,20,22)/t13-,15+/m0/s1. The number of amides is 2. The van der Waals surface area contributed by atoms with Gasteiger partial charge in [-0.1, -0.05) is 18.0 Å². The topological polar surface area (TPSA) is 81.4 Å². The van der Waals surface area contributed by atoms with E-state index in [4.69, 9.17) is 22.1 Å². The molecule has 0 saturated heterocycles. The molecule has 23 heavy (non-hydrogen) atoms. The Kier molecular flexibility index (Phi) is 4.76. The lowest BCUT2D eigenvalue weighted by atomic mass is 9.96. The average molecular weight is 337 g/mol. The van der Waals surface area contributed by atoms with E-state index in [9.17, 15) is 9.59 Å². The van der Waals surface area contributed by atoms with E-state index >= 15 is 0 Å². The SMILES string of the molecule is NC(=O)[C@H]1CCC[C@H]1NC(=O)c1ccc(OC2CCC2)cc1Cl. The predicted octanol–water partition coefficient (Wildman–Crippen LogP) is 2.66. The number of ether oxygens (including phenoxy) is 1. The highest BCUT2D eigenvalue weighted by Crippen LogP contribution is 2.29. The van der Waals surface area contributed by atoms with Gasteiger partial charge in [-0.2, -0.15) is 0 Å². The number of primary amides is 1. The summed E-state index contributed by atoms with van der Waals surface area (Å²) in [6.07, 6.45) is 5.97. The van der Waals surface area contributed by atoms with Crippen molar-refractivity contribution < 1.29 is 14.3 Å². The Bertz CT molecular complexity index is 616. The van der Waals surface area contributed by atoms with E-state index in [1.54, 1.807) is 18.2 Å². The van der Waals surface area contributed by atoms with Gasteiger partial charge in [0.15, 0.2) is 0 Å². The van der Waals surface area contributed by atoms with Gasteiger partial charge >= 0.3 is 0 Å². The first-order valence-corrected chi connectivity index (χ1v) is 8.49. The van der Waals surface area contributed by atoms with Gasteiger partial charge in [0.25, 0.3) is 5.91 Å². The monoisotopic (exact) mass is 336 g/mol. The van der Waals surface area contributed by atoms with Crippen molar-refractivity contribution in [2.24, 2.45) is 11.7 Å². The zero-order valence-corrected chi connectivity index (χ0v) is 13.6. The first-order chi connectivity index (χ1) is 11.0. The summed E-state index contributed by atoms with van der Waals surface area (Å²) in [7, 11) is 0. The van der Waals surface area contributed by atoms with Gasteiger partial charge in [0.2, 0.25) is 5.91 Å². The van der Waals surface area contributed by atoms with E-state index in [2.05, 4.69) is 5.32 Å². The molecule has 1 aromatic rings. The van der Waals surface area contributed by atoms with E-state index in [0.717, 1.165) is 32.1 Å². The molecule has 0 unspecified atom stereocenters. The maximum atomic E-state index is 12.4. The van der Waals surface area contributed by atoms with Gasteiger partial charge in [-0.15, -0.1) is 0 Å². The minimum atomic E-state index is -0.358. The first kappa shape index (κ1) is 16.1. The molecular formula is C17H21ClN2O3. The number of benzene rings is 1. The fourth-order valence-corrected chi connectivity index (χ4v) is 3.41.